The first-order chi connectivity index (χ1) is 11.2. The number of aromatic nitrogens is 2. The Morgan fingerprint density at radius 1 is 1.57 bits per heavy atom. The molecule has 3 rings (SSSR count). The molecule has 6 nitrogen and oxygen atoms in total. The van der Waals surface area contributed by atoms with Gasteiger partial charge in [-0.05, 0) is 31.4 Å². The minimum absolute atomic E-state index is 0.0344. The Balaban J connectivity index is 1.53. The molecule has 1 saturated heterocycles. The lowest BCUT2D eigenvalue weighted by Gasteiger charge is -2.29. The first-order valence-corrected chi connectivity index (χ1v) is 8.04. The zero-order valence-corrected chi connectivity index (χ0v) is 13.3. The molecule has 1 aromatic carbocycles. The molecule has 6 heteroatoms. The van der Waals surface area contributed by atoms with Crippen molar-refractivity contribution >= 4 is 17.1 Å². The molecule has 0 unspecified atom stereocenters. The zero-order valence-electron chi connectivity index (χ0n) is 13.3. The van der Waals surface area contributed by atoms with Gasteiger partial charge >= 0.3 is 6.03 Å². The van der Waals surface area contributed by atoms with Crippen molar-refractivity contribution in [1.29, 1.82) is 5.26 Å². The molecular weight excluding hydrogens is 290 g/mol. The number of hydrogen-bond donors (Lipinski definition) is 2. The highest BCUT2D eigenvalue weighted by molar-refractivity contribution is 5.78. The van der Waals surface area contributed by atoms with Gasteiger partial charge < -0.3 is 15.2 Å². The zero-order chi connectivity index (χ0) is 16.2. The number of aromatic amines is 1. The Kier molecular flexibility index (Phi) is 4.47. The Labute approximate surface area is 135 Å². The van der Waals surface area contributed by atoms with Gasteiger partial charge in [0.2, 0.25) is 0 Å². The molecule has 0 radical (unpaired) electrons. The molecule has 1 aliphatic heterocycles. The van der Waals surface area contributed by atoms with E-state index in [4.69, 9.17) is 5.26 Å². The molecule has 2 heterocycles. The topological polar surface area (TPSA) is 84.8 Å². The summed E-state index contributed by atoms with van der Waals surface area (Å²) in [4.78, 5) is 21.8. The van der Waals surface area contributed by atoms with E-state index in [2.05, 4.69) is 21.4 Å². The standard InChI is InChI=1S/C17H21N5O/c1-12-4-2-6-14-16(12)21-15(20-14)7-8-19-17(23)22-9-3-5-13(10-18)11-22/h2,4,6,13H,3,5,7-9,11H2,1H3,(H,19,23)(H,20,21)/t13-/m1/s1. The van der Waals surface area contributed by atoms with Crippen LogP contribution in [0.15, 0.2) is 18.2 Å². The Morgan fingerprint density at radius 3 is 3.22 bits per heavy atom. The van der Waals surface area contributed by atoms with Gasteiger partial charge in [0.1, 0.15) is 5.82 Å². The maximum absolute atomic E-state index is 12.2. The molecule has 0 spiro atoms. The van der Waals surface area contributed by atoms with Gasteiger partial charge in [0.15, 0.2) is 0 Å². The summed E-state index contributed by atoms with van der Waals surface area (Å²) in [6, 6.07) is 8.22. The van der Waals surface area contributed by atoms with Crippen molar-refractivity contribution in [3.8, 4) is 6.07 Å². The highest BCUT2D eigenvalue weighted by atomic mass is 16.2. The molecule has 2 aromatic rings. The van der Waals surface area contributed by atoms with Crippen LogP contribution in [-0.2, 0) is 6.42 Å². The van der Waals surface area contributed by atoms with E-state index in [1.807, 2.05) is 25.1 Å². The summed E-state index contributed by atoms with van der Waals surface area (Å²) in [6.45, 7) is 3.84. The van der Waals surface area contributed by atoms with Crippen LogP contribution in [0.1, 0.15) is 24.2 Å². The van der Waals surface area contributed by atoms with Crippen molar-refractivity contribution in [2.45, 2.75) is 26.2 Å². The number of nitrogens with one attached hydrogen (secondary N) is 2. The number of likely N-dealkylation sites (tertiary alicyclic amines) is 1. The van der Waals surface area contributed by atoms with E-state index >= 15 is 0 Å². The van der Waals surface area contributed by atoms with Crippen LogP contribution < -0.4 is 5.32 Å². The number of rotatable bonds is 3. The maximum atomic E-state index is 12.2. The fourth-order valence-electron chi connectivity index (χ4n) is 3.01. The number of amides is 2. The third-order valence-electron chi connectivity index (χ3n) is 4.29. The predicted molar refractivity (Wildman–Crippen MR) is 87.8 cm³/mol. The molecule has 0 saturated carbocycles. The quantitative estimate of drug-likeness (QED) is 0.912. The fraction of sp³-hybridized carbons (Fsp3) is 0.471. The van der Waals surface area contributed by atoms with Crippen molar-refractivity contribution < 1.29 is 4.79 Å². The number of nitriles is 1. The SMILES string of the molecule is Cc1cccc2[nH]c(CCNC(=O)N3CCC[C@H](C#N)C3)nc12. The molecule has 1 fully saturated rings. The van der Waals surface area contributed by atoms with Crippen LogP contribution in [0.5, 0.6) is 0 Å². The van der Waals surface area contributed by atoms with E-state index in [0.29, 0.717) is 19.5 Å². The van der Waals surface area contributed by atoms with E-state index in [-0.39, 0.29) is 11.9 Å². The van der Waals surface area contributed by atoms with Crippen LogP contribution in [0.2, 0.25) is 0 Å². The monoisotopic (exact) mass is 311 g/mol. The third kappa shape index (κ3) is 3.45. The lowest BCUT2D eigenvalue weighted by Crippen LogP contribution is -2.45. The maximum Gasteiger partial charge on any atom is 0.317 e. The average molecular weight is 311 g/mol. The predicted octanol–water partition coefficient (Wildman–Crippen LogP) is 2.36. The van der Waals surface area contributed by atoms with Crippen molar-refractivity contribution in [1.82, 2.24) is 20.2 Å². The van der Waals surface area contributed by atoms with Crippen molar-refractivity contribution in [2.24, 2.45) is 5.92 Å². The Morgan fingerprint density at radius 2 is 2.43 bits per heavy atom. The first-order valence-electron chi connectivity index (χ1n) is 8.04. The molecule has 0 bridgehead atoms. The molecule has 0 aliphatic carbocycles. The summed E-state index contributed by atoms with van der Waals surface area (Å²) in [5, 5.41) is 11.9. The smallest absolute Gasteiger partial charge is 0.317 e. The number of carbonyl (C=O) groups excluding carboxylic acids is 1. The molecule has 2 N–H and O–H groups in total. The largest absolute Gasteiger partial charge is 0.342 e. The minimum atomic E-state index is -0.0859. The number of para-hydroxylation sites is 1. The lowest BCUT2D eigenvalue weighted by molar-refractivity contribution is 0.176. The van der Waals surface area contributed by atoms with Crippen molar-refractivity contribution in [2.75, 3.05) is 19.6 Å². The minimum Gasteiger partial charge on any atom is -0.342 e. The second-order valence-electron chi connectivity index (χ2n) is 6.05. The first kappa shape index (κ1) is 15.3. The Hall–Kier alpha value is -2.55. The van der Waals surface area contributed by atoms with Crippen molar-refractivity contribution in [3.63, 3.8) is 0 Å². The molecule has 23 heavy (non-hydrogen) atoms. The number of piperidine rings is 1. The molecule has 120 valence electrons. The average Bonchev–Trinajstić information content (AvgIpc) is 2.99. The summed E-state index contributed by atoms with van der Waals surface area (Å²) in [5.74, 6) is 0.844. The highest BCUT2D eigenvalue weighted by Crippen LogP contribution is 2.16. The summed E-state index contributed by atoms with van der Waals surface area (Å²) >= 11 is 0. The molecule has 1 aliphatic rings. The summed E-state index contributed by atoms with van der Waals surface area (Å²) in [5.41, 5.74) is 3.16. The summed E-state index contributed by atoms with van der Waals surface area (Å²) < 4.78 is 0. The summed E-state index contributed by atoms with van der Waals surface area (Å²) in [6.07, 6.45) is 2.45. The van der Waals surface area contributed by atoms with Gasteiger partial charge in [-0.2, -0.15) is 5.26 Å². The molecule has 1 aromatic heterocycles. The number of benzene rings is 1. The van der Waals surface area contributed by atoms with E-state index in [1.54, 1.807) is 4.90 Å². The number of hydrogen-bond acceptors (Lipinski definition) is 3. The highest BCUT2D eigenvalue weighted by Gasteiger charge is 2.23. The van der Waals surface area contributed by atoms with E-state index in [9.17, 15) is 4.79 Å². The number of imidazole rings is 1. The normalized spacial score (nSPS) is 17.9. The van der Waals surface area contributed by atoms with E-state index in [0.717, 1.165) is 41.8 Å². The second kappa shape index (κ2) is 6.69. The van der Waals surface area contributed by atoms with Crippen molar-refractivity contribution in [3.05, 3.63) is 29.6 Å². The lowest BCUT2D eigenvalue weighted by atomic mass is 10.0. The number of urea groups is 1. The second-order valence-corrected chi connectivity index (χ2v) is 6.05. The van der Waals surface area contributed by atoms with Gasteiger partial charge in [0.25, 0.3) is 0 Å². The fourth-order valence-corrected chi connectivity index (χ4v) is 3.01. The van der Waals surface area contributed by atoms with Crippen LogP contribution >= 0.6 is 0 Å². The van der Waals surface area contributed by atoms with E-state index in [1.165, 1.54) is 0 Å². The van der Waals surface area contributed by atoms with E-state index < -0.39 is 0 Å². The van der Waals surface area contributed by atoms with Gasteiger partial charge in [-0.3, -0.25) is 0 Å². The summed E-state index contributed by atoms with van der Waals surface area (Å²) in [7, 11) is 0. The van der Waals surface area contributed by atoms with Gasteiger partial charge in [-0.1, -0.05) is 12.1 Å². The Bertz CT molecular complexity index is 745. The molecule has 1 atom stereocenters. The number of H-pyrrole nitrogens is 1. The molecular formula is C17H21N5O. The van der Waals surface area contributed by atoms with Gasteiger partial charge in [0, 0.05) is 26.1 Å². The van der Waals surface area contributed by atoms with Crippen LogP contribution in [0.25, 0.3) is 11.0 Å². The van der Waals surface area contributed by atoms with Gasteiger partial charge in [-0.15, -0.1) is 0 Å². The number of carbonyl (C=O) groups is 1. The number of nitrogens with zero attached hydrogens (tertiary/aromatic N) is 3. The molecule has 2 amide bonds. The van der Waals surface area contributed by atoms with Crippen LogP contribution in [0.4, 0.5) is 4.79 Å². The van der Waals surface area contributed by atoms with Crippen LogP contribution in [0.3, 0.4) is 0 Å². The van der Waals surface area contributed by atoms with Gasteiger partial charge in [-0.25, -0.2) is 9.78 Å². The third-order valence-corrected chi connectivity index (χ3v) is 4.29. The number of fused-ring (bicyclic) bond motifs is 1. The number of aryl methyl sites for hydroxylation is 1. The van der Waals surface area contributed by atoms with Crippen LogP contribution in [0, 0.1) is 24.2 Å². The van der Waals surface area contributed by atoms with Gasteiger partial charge in [0.05, 0.1) is 23.0 Å². The van der Waals surface area contributed by atoms with Crippen LogP contribution in [-0.4, -0.2) is 40.5 Å².